The quantitative estimate of drug-likeness (QED) is 0.780. The summed E-state index contributed by atoms with van der Waals surface area (Å²) in [6.07, 6.45) is 1.77. The van der Waals surface area contributed by atoms with Crippen LogP contribution in [0.15, 0.2) is 42.6 Å². The Balaban J connectivity index is 2.38. The number of nitrogen functional groups attached to an aromatic ring is 1. The van der Waals surface area contributed by atoms with Crippen molar-refractivity contribution in [2.24, 2.45) is 0 Å². The number of anilines is 3. The van der Waals surface area contributed by atoms with Gasteiger partial charge >= 0.3 is 0 Å². The first-order valence-electron chi connectivity index (χ1n) is 5.19. The predicted molar refractivity (Wildman–Crippen MR) is 67.9 cm³/mol. The average molecular weight is 213 g/mol. The second-order valence-electron chi connectivity index (χ2n) is 3.81. The van der Waals surface area contributed by atoms with Gasteiger partial charge in [-0.05, 0) is 36.8 Å². The highest BCUT2D eigenvalue weighted by Crippen LogP contribution is 2.27. The molecule has 1 heterocycles. The molecular formula is C13H15N3. The number of nitrogens with two attached hydrogens (primary N) is 1. The minimum absolute atomic E-state index is 0.771. The van der Waals surface area contributed by atoms with Crippen molar-refractivity contribution < 1.29 is 0 Å². The lowest BCUT2D eigenvalue weighted by Crippen LogP contribution is -2.12. The number of aromatic nitrogens is 1. The summed E-state index contributed by atoms with van der Waals surface area (Å²) in [5, 5.41) is 0. The molecule has 16 heavy (non-hydrogen) atoms. The molecule has 0 aliphatic heterocycles. The molecule has 0 saturated heterocycles. The molecule has 0 atom stereocenters. The molecule has 1 aromatic carbocycles. The first-order chi connectivity index (χ1) is 7.68. The smallest absolute Gasteiger partial charge is 0.132 e. The van der Waals surface area contributed by atoms with Crippen molar-refractivity contribution in [3.05, 3.63) is 48.2 Å². The van der Waals surface area contributed by atoms with E-state index in [1.54, 1.807) is 6.20 Å². The van der Waals surface area contributed by atoms with E-state index >= 15 is 0 Å². The van der Waals surface area contributed by atoms with Crippen LogP contribution in [0.1, 0.15) is 5.56 Å². The van der Waals surface area contributed by atoms with Crippen LogP contribution in [-0.4, -0.2) is 12.0 Å². The molecule has 2 aromatic rings. The highest BCUT2D eigenvalue weighted by molar-refractivity contribution is 5.73. The zero-order chi connectivity index (χ0) is 11.5. The SMILES string of the molecule is Cc1ccc(N(C)c2ccccn2)c(N)c1. The molecule has 0 unspecified atom stereocenters. The van der Waals surface area contributed by atoms with Gasteiger partial charge in [0.25, 0.3) is 0 Å². The summed E-state index contributed by atoms with van der Waals surface area (Å²) < 4.78 is 0. The van der Waals surface area contributed by atoms with E-state index in [0.29, 0.717) is 0 Å². The van der Waals surface area contributed by atoms with Crippen LogP contribution in [0.5, 0.6) is 0 Å². The number of hydrogen-bond donors (Lipinski definition) is 1. The lowest BCUT2D eigenvalue weighted by atomic mass is 10.2. The van der Waals surface area contributed by atoms with Crippen LogP contribution < -0.4 is 10.6 Å². The van der Waals surface area contributed by atoms with E-state index in [1.807, 2.05) is 55.3 Å². The van der Waals surface area contributed by atoms with E-state index in [0.717, 1.165) is 22.8 Å². The first-order valence-corrected chi connectivity index (χ1v) is 5.19. The van der Waals surface area contributed by atoms with E-state index in [-0.39, 0.29) is 0 Å². The molecule has 0 aliphatic rings. The Morgan fingerprint density at radius 3 is 2.62 bits per heavy atom. The standard InChI is InChI=1S/C13H15N3/c1-10-6-7-12(11(14)9-10)16(2)13-5-3-4-8-15-13/h3-9H,14H2,1-2H3. The maximum atomic E-state index is 5.99. The monoisotopic (exact) mass is 213 g/mol. The largest absolute Gasteiger partial charge is 0.397 e. The summed E-state index contributed by atoms with van der Waals surface area (Å²) >= 11 is 0. The maximum Gasteiger partial charge on any atom is 0.132 e. The van der Waals surface area contributed by atoms with Gasteiger partial charge in [-0.15, -0.1) is 0 Å². The van der Waals surface area contributed by atoms with Crippen LogP contribution in [0.25, 0.3) is 0 Å². The minimum atomic E-state index is 0.771. The van der Waals surface area contributed by atoms with Gasteiger partial charge in [-0.3, -0.25) is 0 Å². The van der Waals surface area contributed by atoms with Crippen LogP contribution in [-0.2, 0) is 0 Å². The molecule has 3 heteroatoms. The van der Waals surface area contributed by atoms with E-state index < -0.39 is 0 Å². The van der Waals surface area contributed by atoms with E-state index in [9.17, 15) is 0 Å². The summed E-state index contributed by atoms with van der Waals surface area (Å²) in [5.74, 6) is 0.887. The van der Waals surface area contributed by atoms with Gasteiger partial charge in [0, 0.05) is 13.2 Å². The summed E-state index contributed by atoms with van der Waals surface area (Å²) in [6, 6.07) is 11.8. The molecule has 2 N–H and O–H groups in total. The Kier molecular flexibility index (Phi) is 2.77. The van der Waals surface area contributed by atoms with Crippen LogP contribution >= 0.6 is 0 Å². The van der Waals surface area contributed by atoms with Gasteiger partial charge in [-0.1, -0.05) is 12.1 Å². The molecule has 0 spiro atoms. The lowest BCUT2D eigenvalue weighted by Gasteiger charge is -2.20. The van der Waals surface area contributed by atoms with Gasteiger partial charge in [-0.2, -0.15) is 0 Å². The molecule has 0 aliphatic carbocycles. The molecule has 82 valence electrons. The lowest BCUT2D eigenvalue weighted by molar-refractivity contribution is 1.13. The molecule has 3 nitrogen and oxygen atoms in total. The van der Waals surface area contributed by atoms with Crippen LogP contribution in [0.4, 0.5) is 17.2 Å². The van der Waals surface area contributed by atoms with Gasteiger partial charge in [0.2, 0.25) is 0 Å². The van der Waals surface area contributed by atoms with Crippen molar-refractivity contribution in [1.82, 2.24) is 4.98 Å². The van der Waals surface area contributed by atoms with Gasteiger partial charge < -0.3 is 10.6 Å². The second-order valence-corrected chi connectivity index (χ2v) is 3.81. The minimum Gasteiger partial charge on any atom is -0.397 e. The Morgan fingerprint density at radius 2 is 2.00 bits per heavy atom. The highest BCUT2D eigenvalue weighted by atomic mass is 15.2. The number of hydrogen-bond acceptors (Lipinski definition) is 3. The van der Waals surface area contributed by atoms with Gasteiger partial charge in [0.05, 0.1) is 11.4 Å². The van der Waals surface area contributed by atoms with E-state index in [1.165, 1.54) is 0 Å². The third kappa shape index (κ3) is 1.98. The summed E-state index contributed by atoms with van der Waals surface area (Å²) in [5.41, 5.74) is 8.90. The molecule has 0 bridgehead atoms. The predicted octanol–water partition coefficient (Wildman–Crippen LogP) is 2.74. The van der Waals surface area contributed by atoms with Crippen molar-refractivity contribution >= 4 is 17.2 Å². The fourth-order valence-corrected chi connectivity index (χ4v) is 1.65. The first kappa shape index (κ1) is 10.5. The molecule has 0 saturated carbocycles. The Hall–Kier alpha value is -2.03. The number of nitrogens with zero attached hydrogens (tertiary/aromatic N) is 2. The topological polar surface area (TPSA) is 42.2 Å². The number of aryl methyl sites for hydroxylation is 1. The van der Waals surface area contributed by atoms with Crippen molar-refractivity contribution in [1.29, 1.82) is 0 Å². The van der Waals surface area contributed by atoms with Crippen molar-refractivity contribution in [2.45, 2.75) is 6.92 Å². The Labute approximate surface area is 95.5 Å². The average Bonchev–Trinajstić information content (AvgIpc) is 2.29. The fourth-order valence-electron chi connectivity index (χ4n) is 1.65. The molecule has 0 radical (unpaired) electrons. The molecule has 2 rings (SSSR count). The Bertz CT molecular complexity index is 480. The third-order valence-electron chi connectivity index (χ3n) is 2.54. The van der Waals surface area contributed by atoms with Crippen LogP contribution in [0, 0.1) is 6.92 Å². The fraction of sp³-hybridized carbons (Fsp3) is 0.154. The number of pyridine rings is 1. The van der Waals surface area contributed by atoms with E-state index in [2.05, 4.69) is 4.98 Å². The Morgan fingerprint density at radius 1 is 1.19 bits per heavy atom. The second kappa shape index (κ2) is 4.23. The van der Waals surface area contributed by atoms with Gasteiger partial charge in [0.15, 0.2) is 0 Å². The highest BCUT2D eigenvalue weighted by Gasteiger charge is 2.07. The normalized spacial score (nSPS) is 10.1. The zero-order valence-electron chi connectivity index (χ0n) is 9.51. The van der Waals surface area contributed by atoms with Crippen LogP contribution in [0.3, 0.4) is 0 Å². The molecule has 0 fully saturated rings. The number of benzene rings is 1. The molecule has 1 aromatic heterocycles. The number of rotatable bonds is 2. The van der Waals surface area contributed by atoms with Gasteiger partial charge in [0.1, 0.15) is 5.82 Å². The van der Waals surface area contributed by atoms with Crippen molar-refractivity contribution in [3.63, 3.8) is 0 Å². The molecule has 0 amide bonds. The van der Waals surface area contributed by atoms with E-state index in [4.69, 9.17) is 5.73 Å². The summed E-state index contributed by atoms with van der Waals surface area (Å²) in [6.45, 7) is 2.03. The third-order valence-corrected chi connectivity index (χ3v) is 2.54. The van der Waals surface area contributed by atoms with Crippen molar-refractivity contribution in [3.8, 4) is 0 Å². The summed E-state index contributed by atoms with van der Waals surface area (Å²) in [4.78, 5) is 6.27. The summed E-state index contributed by atoms with van der Waals surface area (Å²) in [7, 11) is 1.96. The van der Waals surface area contributed by atoms with Crippen molar-refractivity contribution in [2.75, 3.05) is 17.7 Å². The van der Waals surface area contributed by atoms with Gasteiger partial charge in [-0.25, -0.2) is 4.98 Å². The van der Waals surface area contributed by atoms with Crippen LogP contribution in [0.2, 0.25) is 0 Å². The zero-order valence-corrected chi connectivity index (χ0v) is 9.51. The molecular weight excluding hydrogens is 198 g/mol. The maximum absolute atomic E-state index is 5.99.